The summed E-state index contributed by atoms with van der Waals surface area (Å²) in [6, 6.07) is 0. The summed E-state index contributed by atoms with van der Waals surface area (Å²) >= 11 is 0. The summed E-state index contributed by atoms with van der Waals surface area (Å²) in [6.45, 7) is 7.06. The lowest BCUT2D eigenvalue weighted by Crippen LogP contribution is -2.44. The van der Waals surface area contributed by atoms with Crippen LogP contribution in [0.4, 0.5) is 0 Å². The summed E-state index contributed by atoms with van der Waals surface area (Å²) in [6.07, 6.45) is 6.30. The number of hydrogen-bond acceptors (Lipinski definition) is 2. The molecule has 0 aliphatic heterocycles. The monoisotopic (exact) mass is 225 g/mol. The second kappa shape index (κ2) is 5.81. The number of ketones is 1. The zero-order chi connectivity index (χ0) is 12.2. The van der Waals surface area contributed by atoms with Crippen molar-refractivity contribution in [1.82, 2.24) is 0 Å². The lowest BCUT2D eigenvalue weighted by Gasteiger charge is -2.39. The number of nitrogens with two attached hydrogens (primary N) is 1. The molecule has 1 fully saturated rings. The topological polar surface area (TPSA) is 43.1 Å². The van der Waals surface area contributed by atoms with Gasteiger partial charge in [0, 0.05) is 17.9 Å². The van der Waals surface area contributed by atoms with E-state index in [1.165, 1.54) is 12.8 Å². The molecule has 0 aromatic rings. The number of hydrogen-bond donors (Lipinski definition) is 1. The molecule has 0 radical (unpaired) electrons. The second-order valence-electron chi connectivity index (χ2n) is 5.54. The Morgan fingerprint density at radius 2 is 1.81 bits per heavy atom. The SMILES string of the molecule is CCC(CC)C(=O)C1(CN)CCC(C)CC1. The van der Waals surface area contributed by atoms with E-state index in [1.54, 1.807) is 0 Å². The van der Waals surface area contributed by atoms with E-state index in [0.717, 1.165) is 31.6 Å². The molecule has 0 unspecified atom stereocenters. The molecule has 1 rings (SSSR count). The third-order valence-corrected chi connectivity index (χ3v) is 4.50. The fraction of sp³-hybridized carbons (Fsp3) is 0.929. The van der Waals surface area contributed by atoms with Crippen molar-refractivity contribution in [3.05, 3.63) is 0 Å². The van der Waals surface area contributed by atoms with Crippen molar-refractivity contribution in [2.75, 3.05) is 6.54 Å². The normalized spacial score (nSPS) is 30.7. The smallest absolute Gasteiger partial charge is 0.143 e. The maximum atomic E-state index is 12.5. The van der Waals surface area contributed by atoms with E-state index in [-0.39, 0.29) is 11.3 Å². The molecule has 0 amide bonds. The van der Waals surface area contributed by atoms with Crippen molar-refractivity contribution in [3.8, 4) is 0 Å². The second-order valence-corrected chi connectivity index (χ2v) is 5.54. The Kier molecular flexibility index (Phi) is 4.97. The third kappa shape index (κ3) is 2.65. The van der Waals surface area contributed by atoms with E-state index in [9.17, 15) is 4.79 Å². The fourth-order valence-electron chi connectivity index (χ4n) is 2.96. The van der Waals surface area contributed by atoms with Gasteiger partial charge in [0.1, 0.15) is 5.78 Å². The molecular weight excluding hydrogens is 198 g/mol. The molecule has 94 valence electrons. The summed E-state index contributed by atoms with van der Waals surface area (Å²) in [4.78, 5) is 12.5. The summed E-state index contributed by atoms with van der Waals surface area (Å²) in [5.41, 5.74) is 5.73. The van der Waals surface area contributed by atoms with Gasteiger partial charge in [-0.25, -0.2) is 0 Å². The quantitative estimate of drug-likeness (QED) is 0.781. The van der Waals surface area contributed by atoms with Crippen LogP contribution in [0.15, 0.2) is 0 Å². The molecule has 2 N–H and O–H groups in total. The fourth-order valence-corrected chi connectivity index (χ4v) is 2.96. The van der Waals surface area contributed by atoms with Crippen molar-refractivity contribution in [2.45, 2.75) is 59.3 Å². The largest absolute Gasteiger partial charge is 0.329 e. The van der Waals surface area contributed by atoms with Gasteiger partial charge < -0.3 is 5.73 Å². The van der Waals surface area contributed by atoms with Crippen LogP contribution in [0, 0.1) is 17.3 Å². The van der Waals surface area contributed by atoms with Crippen LogP contribution < -0.4 is 5.73 Å². The molecule has 0 saturated heterocycles. The zero-order valence-corrected chi connectivity index (χ0v) is 11.1. The first-order chi connectivity index (χ1) is 7.59. The molecule has 1 saturated carbocycles. The molecule has 0 aromatic heterocycles. The van der Waals surface area contributed by atoms with Gasteiger partial charge in [-0.3, -0.25) is 4.79 Å². The van der Waals surface area contributed by atoms with E-state index in [2.05, 4.69) is 20.8 Å². The van der Waals surface area contributed by atoms with Gasteiger partial charge in [0.15, 0.2) is 0 Å². The van der Waals surface area contributed by atoms with Gasteiger partial charge in [-0.05, 0) is 44.4 Å². The molecule has 0 aromatic carbocycles. The minimum atomic E-state index is -0.177. The van der Waals surface area contributed by atoms with Crippen molar-refractivity contribution >= 4 is 5.78 Å². The number of Topliss-reactive ketones (excluding diaryl/α,β-unsaturated/α-hetero) is 1. The minimum absolute atomic E-state index is 0.177. The van der Waals surface area contributed by atoms with E-state index < -0.39 is 0 Å². The standard InChI is InChI=1S/C14H27NO/c1-4-12(5-2)13(16)14(10-15)8-6-11(3)7-9-14/h11-12H,4-10,15H2,1-3H3. The van der Waals surface area contributed by atoms with Crippen LogP contribution in [0.1, 0.15) is 59.3 Å². The third-order valence-electron chi connectivity index (χ3n) is 4.50. The predicted octanol–water partition coefficient (Wildman–Crippen LogP) is 3.15. The number of carbonyl (C=O) groups excluding carboxylic acids is 1. The molecule has 0 heterocycles. The molecule has 2 heteroatoms. The van der Waals surface area contributed by atoms with Gasteiger partial charge in [-0.2, -0.15) is 0 Å². The van der Waals surface area contributed by atoms with Crippen molar-refractivity contribution in [2.24, 2.45) is 23.0 Å². The molecule has 0 bridgehead atoms. The maximum Gasteiger partial charge on any atom is 0.143 e. The van der Waals surface area contributed by atoms with Gasteiger partial charge in [0.2, 0.25) is 0 Å². The molecule has 1 aliphatic rings. The van der Waals surface area contributed by atoms with Gasteiger partial charge in [-0.1, -0.05) is 20.8 Å². The highest BCUT2D eigenvalue weighted by molar-refractivity contribution is 5.87. The van der Waals surface area contributed by atoms with Gasteiger partial charge in [0.25, 0.3) is 0 Å². The Balaban J connectivity index is 2.75. The Labute approximate surface area is 100.0 Å². The van der Waals surface area contributed by atoms with Crippen LogP contribution in [-0.2, 0) is 4.79 Å². The lowest BCUT2D eigenvalue weighted by atomic mass is 9.65. The van der Waals surface area contributed by atoms with Gasteiger partial charge in [0.05, 0.1) is 0 Å². The van der Waals surface area contributed by atoms with Crippen molar-refractivity contribution in [3.63, 3.8) is 0 Å². The van der Waals surface area contributed by atoms with Crippen molar-refractivity contribution in [1.29, 1.82) is 0 Å². The Bertz CT molecular complexity index is 225. The predicted molar refractivity (Wildman–Crippen MR) is 68.2 cm³/mol. The average Bonchev–Trinajstić information content (AvgIpc) is 2.32. The number of rotatable bonds is 5. The highest BCUT2D eigenvalue weighted by atomic mass is 16.1. The van der Waals surface area contributed by atoms with Crippen LogP contribution in [0.2, 0.25) is 0 Å². The molecule has 2 nitrogen and oxygen atoms in total. The van der Waals surface area contributed by atoms with Crippen molar-refractivity contribution < 1.29 is 4.79 Å². The molecular formula is C14H27NO. The Hall–Kier alpha value is -0.370. The molecule has 1 aliphatic carbocycles. The van der Waals surface area contributed by atoms with E-state index >= 15 is 0 Å². The molecule has 0 spiro atoms. The lowest BCUT2D eigenvalue weighted by molar-refractivity contribution is -0.135. The van der Waals surface area contributed by atoms with Crippen LogP contribution >= 0.6 is 0 Å². The van der Waals surface area contributed by atoms with Gasteiger partial charge >= 0.3 is 0 Å². The van der Waals surface area contributed by atoms with Crippen LogP contribution in [-0.4, -0.2) is 12.3 Å². The van der Waals surface area contributed by atoms with Crippen LogP contribution in [0.25, 0.3) is 0 Å². The maximum absolute atomic E-state index is 12.5. The van der Waals surface area contributed by atoms with Crippen LogP contribution in [0.5, 0.6) is 0 Å². The first-order valence-electron chi connectivity index (χ1n) is 6.84. The summed E-state index contributed by atoms with van der Waals surface area (Å²) in [5.74, 6) is 1.46. The minimum Gasteiger partial charge on any atom is -0.329 e. The Morgan fingerprint density at radius 1 is 1.31 bits per heavy atom. The summed E-state index contributed by atoms with van der Waals surface area (Å²) in [7, 11) is 0. The highest BCUT2D eigenvalue weighted by Crippen LogP contribution is 2.41. The summed E-state index contributed by atoms with van der Waals surface area (Å²) < 4.78 is 0. The van der Waals surface area contributed by atoms with E-state index in [4.69, 9.17) is 5.73 Å². The highest BCUT2D eigenvalue weighted by Gasteiger charge is 2.41. The Morgan fingerprint density at radius 3 is 2.19 bits per heavy atom. The average molecular weight is 225 g/mol. The zero-order valence-electron chi connectivity index (χ0n) is 11.1. The van der Waals surface area contributed by atoms with Gasteiger partial charge in [-0.15, -0.1) is 0 Å². The van der Waals surface area contributed by atoms with Crippen LogP contribution in [0.3, 0.4) is 0 Å². The first-order valence-corrected chi connectivity index (χ1v) is 6.84. The van der Waals surface area contributed by atoms with E-state index in [0.29, 0.717) is 12.3 Å². The summed E-state index contributed by atoms with van der Waals surface area (Å²) in [5, 5.41) is 0. The molecule has 0 atom stereocenters. The number of carbonyl (C=O) groups is 1. The molecule has 16 heavy (non-hydrogen) atoms. The van der Waals surface area contributed by atoms with E-state index in [1.807, 2.05) is 0 Å². The first kappa shape index (κ1) is 13.7.